The van der Waals surface area contributed by atoms with Gasteiger partial charge in [-0.15, -0.1) is 0 Å². The highest BCUT2D eigenvalue weighted by atomic mass is 16.5. The summed E-state index contributed by atoms with van der Waals surface area (Å²) in [6.07, 6.45) is 1.50. The Kier molecular flexibility index (Phi) is 4.22. The lowest BCUT2D eigenvalue weighted by Crippen LogP contribution is -2.09. The van der Waals surface area contributed by atoms with Gasteiger partial charge in [0.05, 0.1) is 24.3 Å². The average molecular weight is 362 g/mol. The molecule has 2 aromatic heterocycles. The van der Waals surface area contributed by atoms with Crippen molar-refractivity contribution in [3.63, 3.8) is 0 Å². The molecular formula is C21H14O6. The van der Waals surface area contributed by atoms with Crippen LogP contribution in [0.15, 0.2) is 80.6 Å². The molecule has 0 bridgehead atoms. The number of carbonyl (C=O) groups excluding carboxylic acids is 1. The normalized spacial score (nSPS) is 10.7. The lowest BCUT2D eigenvalue weighted by Gasteiger charge is -2.06. The molecule has 0 fully saturated rings. The number of esters is 1. The van der Waals surface area contributed by atoms with Crippen LogP contribution in [-0.2, 0) is 0 Å². The van der Waals surface area contributed by atoms with Gasteiger partial charge in [-0.2, -0.15) is 0 Å². The Hall–Kier alpha value is -3.80. The third-order valence-corrected chi connectivity index (χ3v) is 4.00. The molecule has 6 nitrogen and oxygen atoms in total. The summed E-state index contributed by atoms with van der Waals surface area (Å²) < 4.78 is 21.4. The first-order chi connectivity index (χ1) is 13.1. The van der Waals surface area contributed by atoms with E-state index in [4.69, 9.17) is 18.3 Å². The van der Waals surface area contributed by atoms with Crippen LogP contribution in [0.1, 0.15) is 10.4 Å². The van der Waals surface area contributed by atoms with Crippen LogP contribution in [0.2, 0.25) is 0 Å². The van der Waals surface area contributed by atoms with Crippen molar-refractivity contribution in [2.45, 2.75) is 0 Å². The lowest BCUT2D eigenvalue weighted by atomic mass is 10.2. The molecule has 134 valence electrons. The standard InChI is InChI=1S/C21H14O6/c1-24-14-6-4-13(5-7-14)21(23)26-15-8-9-18-16(11-15)17(22)12-20(27-18)19-3-2-10-25-19/h2-12H,1H3. The van der Waals surface area contributed by atoms with E-state index in [9.17, 15) is 9.59 Å². The van der Waals surface area contributed by atoms with Gasteiger partial charge in [0.25, 0.3) is 0 Å². The summed E-state index contributed by atoms with van der Waals surface area (Å²) in [6.45, 7) is 0. The highest BCUT2D eigenvalue weighted by Crippen LogP contribution is 2.25. The first-order valence-corrected chi connectivity index (χ1v) is 8.12. The van der Waals surface area contributed by atoms with Crippen molar-refractivity contribution in [2.24, 2.45) is 0 Å². The van der Waals surface area contributed by atoms with E-state index >= 15 is 0 Å². The predicted octanol–water partition coefficient (Wildman–Crippen LogP) is 4.28. The largest absolute Gasteiger partial charge is 0.497 e. The summed E-state index contributed by atoms with van der Waals surface area (Å²) >= 11 is 0. The van der Waals surface area contributed by atoms with E-state index in [2.05, 4.69) is 0 Å². The molecular weight excluding hydrogens is 348 g/mol. The number of benzene rings is 2. The minimum atomic E-state index is -0.534. The molecule has 0 spiro atoms. The molecule has 0 unspecified atom stereocenters. The Morgan fingerprint density at radius 3 is 2.41 bits per heavy atom. The average Bonchev–Trinajstić information content (AvgIpc) is 3.23. The Morgan fingerprint density at radius 1 is 0.926 bits per heavy atom. The van der Waals surface area contributed by atoms with Crippen LogP contribution in [-0.4, -0.2) is 13.1 Å². The first kappa shape index (κ1) is 16.7. The number of furan rings is 1. The minimum absolute atomic E-state index is 0.251. The summed E-state index contributed by atoms with van der Waals surface area (Å²) in [5.41, 5.74) is 0.485. The van der Waals surface area contributed by atoms with Crippen LogP contribution >= 0.6 is 0 Å². The second-order valence-corrected chi connectivity index (χ2v) is 5.73. The fourth-order valence-corrected chi connectivity index (χ4v) is 2.63. The zero-order valence-corrected chi connectivity index (χ0v) is 14.3. The van der Waals surface area contributed by atoms with E-state index in [0.717, 1.165) is 0 Å². The molecule has 2 heterocycles. The van der Waals surface area contributed by atoms with Gasteiger partial charge in [0.15, 0.2) is 16.9 Å². The Morgan fingerprint density at radius 2 is 1.70 bits per heavy atom. The Balaban J connectivity index is 1.63. The van der Waals surface area contributed by atoms with Gasteiger partial charge in [-0.1, -0.05) is 0 Å². The van der Waals surface area contributed by atoms with E-state index in [1.807, 2.05) is 0 Å². The van der Waals surface area contributed by atoms with Crippen LogP contribution in [0.4, 0.5) is 0 Å². The van der Waals surface area contributed by atoms with E-state index in [0.29, 0.717) is 33.8 Å². The molecule has 0 saturated heterocycles. The SMILES string of the molecule is COc1ccc(C(=O)Oc2ccc3oc(-c4ccco4)cc(=O)c3c2)cc1. The Labute approximate surface area is 153 Å². The van der Waals surface area contributed by atoms with Gasteiger partial charge in [0.1, 0.15) is 17.1 Å². The van der Waals surface area contributed by atoms with Crippen molar-refractivity contribution in [1.29, 1.82) is 0 Å². The maximum Gasteiger partial charge on any atom is 0.343 e. The number of hydrogen-bond acceptors (Lipinski definition) is 6. The summed E-state index contributed by atoms with van der Waals surface area (Å²) in [5.74, 6) is 1.15. The number of fused-ring (bicyclic) bond motifs is 1. The number of hydrogen-bond donors (Lipinski definition) is 0. The van der Waals surface area contributed by atoms with E-state index in [1.54, 1.807) is 55.6 Å². The monoisotopic (exact) mass is 362 g/mol. The smallest absolute Gasteiger partial charge is 0.343 e. The summed E-state index contributed by atoms with van der Waals surface area (Å²) in [4.78, 5) is 24.7. The number of ether oxygens (including phenoxy) is 2. The quantitative estimate of drug-likeness (QED) is 0.398. The molecule has 0 atom stereocenters. The predicted molar refractivity (Wildman–Crippen MR) is 98.1 cm³/mol. The molecule has 0 radical (unpaired) electrons. The third-order valence-electron chi connectivity index (χ3n) is 4.00. The van der Waals surface area contributed by atoms with Gasteiger partial charge in [-0.3, -0.25) is 4.79 Å². The van der Waals surface area contributed by atoms with Gasteiger partial charge in [0, 0.05) is 6.07 Å². The molecule has 4 aromatic rings. The van der Waals surface area contributed by atoms with Crippen LogP contribution in [0, 0.1) is 0 Å². The molecule has 4 rings (SSSR count). The molecule has 0 aliphatic heterocycles. The van der Waals surface area contributed by atoms with Gasteiger partial charge in [0.2, 0.25) is 0 Å². The van der Waals surface area contributed by atoms with Crippen LogP contribution in [0.5, 0.6) is 11.5 Å². The van der Waals surface area contributed by atoms with Crippen molar-refractivity contribution in [2.75, 3.05) is 7.11 Å². The highest BCUT2D eigenvalue weighted by Gasteiger charge is 2.13. The fraction of sp³-hybridized carbons (Fsp3) is 0.0476. The number of methoxy groups -OCH3 is 1. The summed E-state index contributed by atoms with van der Waals surface area (Å²) in [6, 6.07) is 15.9. The zero-order valence-electron chi connectivity index (χ0n) is 14.3. The fourth-order valence-electron chi connectivity index (χ4n) is 2.63. The first-order valence-electron chi connectivity index (χ1n) is 8.12. The number of rotatable bonds is 4. The topological polar surface area (TPSA) is 78.9 Å². The Bertz CT molecular complexity index is 1150. The van der Waals surface area contributed by atoms with Crippen LogP contribution < -0.4 is 14.9 Å². The van der Waals surface area contributed by atoms with Crippen molar-refractivity contribution in [3.05, 3.63) is 82.7 Å². The van der Waals surface area contributed by atoms with Gasteiger partial charge in [-0.05, 0) is 54.6 Å². The van der Waals surface area contributed by atoms with E-state index in [1.165, 1.54) is 18.4 Å². The van der Waals surface area contributed by atoms with E-state index in [-0.39, 0.29) is 11.2 Å². The third kappa shape index (κ3) is 3.32. The number of carbonyl (C=O) groups is 1. The summed E-state index contributed by atoms with van der Waals surface area (Å²) in [5, 5.41) is 0.310. The van der Waals surface area contributed by atoms with Gasteiger partial charge in [-0.25, -0.2) is 4.79 Å². The molecule has 0 N–H and O–H groups in total. The lowest BCUT2D eigenvalue weighted by molar-refractivity contribution is 0.0735. The minimum Gasteiger partial charge on any atom is -0.497 e. The molecule has 2 aromatic carbocycles. The zero-order chi connectivity index (χ0) is 18.8. The van der Waals surface area contributed by atoms with Gasteiger partial charge < -0.3 is 18.3 Å². The van der Waals surface area contributed by atoms with Crippen molar-refractivity contribution < 1.29 is 23.1 Å². The van der Waals surface area contributed by atoms with Crippen molar-refractivity contribution >= 4 is 16.9 Å². The van der Waals surface area contributed by atoms with Crippen molar-refractivity contribution in [3.8, 4) is 23.0 Å². The molecule has 0 aliphatic carbocycles. The van der Waals surface area contributed by atoms with Crippen LogP contribution in [0.3, 0.4) is 0 Å². The summed E-state index contributed by atoms with van der Waals surface area (Å²) in [7, 11) is 1.55. The maximum atomic E-state index is 12.4. The molecule has 0 saturated carbocycles. The van der Waals surface area contributed by atoms with Crippen LogP contribution in [0.25, 0.3) is 22.5 Å². The maximum absolute atomic E-state index is 12.4. The highest BCUT2D eigenvalue weighted by molar-refractivity contribution is 5.91. The second-order valence-electron chi connectivity index (χ2n) is 5.73. The van der Waals surface area contributed by atoms with E-state index < -0.39 is 5.97 Å². The van der Waals surface area contributed by atoms with Gasteiger partial charge >= 0.3 is 5.97 Å². The molecule has 6 heteroatoms. The second kappa shape index (κ2) is 6.84. The molecule has 0 aliphatic rings. The molecule has 27 heavy (non-hydrogen) atoms. The van der Waals surface area contributed by atoms with Crippen molar-refractivity contribution in [1.82, 2.24) is 0 Å². The molecule has 0 amide bonds.